The molecule has 0 aliphatic heterocycles. The highest BCUT2D eigenvalue weighted by Gasteiger charge is 2.33. The number of H-pyrrole nitrogens is 1. The third kappa shape index (κ3) is 5.61. The van der Waals surface area contributed by atoms with E-state index in [1.807, 2.05) is 0 Å². The summed E-state index contributed by atoms with van der Waals surface area (Å²) in [5.74, 6) is -2.09. The zero-order valence-electron chi connectivity index (χ0n) is 21.3. The highest BCUT2D eigenvalue weighted by Crippen LogP contribution is 2.30. The number of benzene rings is 1. The van der Waals surface area contributed by atoms with Gasteiger partial charge in [-0.1, -0.05) is 0 Å². The number of nitrogens with zero attached hydrogens (tertiary/aromatic N) is 2. The number of carbonyl (C=O) groups is 3. The zero-order chi connectivity index (χ0) is 26.8. The van der Waals surface area contributed by atoms with Crippen LogP contribution in [-0.4, -0.2) is 59.3 Å². The first-order chi connectivity index (χ1) is 16.8. The molecule has 2 amide bonds. The van der Waals surface area contributed by atoms with E-state index in [2.05, 4.69) is 25.8 Å². The Balaban J connectivity index is 1.90. The van der Waals surface area contributed by atoms with E-state index < -0.39 is 34.6 Å². The number of hydrogen-bond acceptors (Lipinski definition) is 7. The van der Waals surface area contributed by atoms with Gasteiger partial charge in [-0.2, -0.15) is 5.10 Å². The first-order valence-electron chi connectivity index (χ1n) is 11.2. The molecule has 0 atom stereocenters. The number of pyridine rings is 1. The Morgan fingerprint density at radius 2 is 1.75 bits per heavy atom. The Bertz CT molecular complexity index is 1330. The van der Waals surface area contributed by atoms with E-state index in [0.717, 1.165) is 0 Å². The molecule has 1 aromatic carbocycles. The van der Waals surface area contributed by atoms with E-state index in [1.165, 1.54) is 32.5 Å². The molecule has 0 aliphatic rings. The molecule has 3 aromatic rings. The molecule has 0 saturated carbocycles. The van der Waals surface area contributed by atoms with Crippen molar-refractivity contribution in [2.24, 2.45) is 5.41 Å². The number of nitrogens with one attached hydrogen (secondary N) is 3. The quantitative estimate of drug-likeness (QED) is 0.425. The lowest BCUT2D eigenvalue weighted by molar-refractivity contribution is -0.165. The van der Waals surface area contributed by atoms with Crippen molar-refractivity contribution >= 4 is 28.7 Å². The van der Waals surface area contributed by atoms with Crippen molar-refractivity contribution in [1.82, 2.24) is 25.8 Å². The van der Waals surface area contributed by atoms with Crippen LogP contribution in [0.25, 0.3) is 22.0 Å². The maximum Gasteiger partial charge on any atom is 0.313 e. The first-order valence-corrected chi connectivity index (χ1v) is 11.2. The second-order valence-corrected chi connectivity index (χ2v) is 9.88. The van der Waals surface area contributed by atoms with Gasteiger partial charge in [0.25, 0.3) is 11.8 Å². The molecule has 2 heterocycles. The van der Waals surface area contributed by atoms with Gasteiger partial charge in [-0.15, -0.1) is 0 Å². The van der Waals surface area contributed by atoms with Crippen LogP contribution < -0.4 is 15.4 Å². The summed E-state index contributed by atoms with van der Waals surface area (Å²) in [6.45, 7) is 8.65. The van der Waals surface area contributed by atoms with Gasteiger partial charge in [-0.05, 0) is 58.4 Å². The molecular formula is C25H30FN5O5. The number of carbonyl (C=O) groups excluding carboxylic acids is 3. The lowest BCUT2D eigenvalue weighted by atomic mass is 9.93. The van der Waals surface area contributed by atoms with Crippen LogP contribution in [0.2, 0.25) is 0 Å². The predicted molar refractivity (Wildman–Crippen MR) is 131 cm³/mol. The molecule has 0 fully saturated rings. The van der Waals surface area contributed by atoms with Crippen LogP contribution in [0, 0.1) is 11.2 Å². The van der Waals surface area contributed by atoms with Crippen molar-refractivity contribution in [3.8, 4) is 17.0 Å². The fourth-order valence-corrected chi connectivity index (χ4v) is 3.38. The normalized spacial score (nSPS) is 11.8. The Labute approximate surface area is 208 Å². The molecule has 3 rings (SSSR count). The molecule has 2 aromatic heterocycles. The largest absolute Gasteiger partial charge is 0.480 e. The van der Waals surface area contributed by atoms with E-state index in [4.69, 9.17) is 9.47 Å². The molecule has 3 N–H and O–H groups in total. The van der Waals surface area contributed by atoms with E-state index >= 15 is 0 Å². The van der Waals surface area contributed by atoms with Crippen molar-refractivity contribution in [3.05, 3.63) is 41.5 Å². The van der Waals surface area contributed by atoms with Gasteiger partial charge in [0.2, 0.25) is 5.88 Å². The smallest absolute Gasteiger partial charge is 0.313 e. The number of aromatic nitrogens is 3. The molecule has 36 heavy (non-hydrogen) atoms. The predicted octanol–water partition coefficient (Wildman–Crippen LogP) is 3.23. The van der Waals surface area contributed by atoms with E-state index in [-0.39, 0.29) is 29.1 Å². The van der Waals surface area contributed by atoms with Crippen LogP contribution >= 0.6 is 0 Å². The molecular weight excluding hydrogens is 469 g/mol. The Kier molecular flexibility index (Phi) is 7.33. The number of aromatic amines is 1. The van der Waals surface area contributed by atoms with Crippen molar-refractivity contribution in [2.75, 3.05) is 20.7 Å². The minimum atomic E-state index is -0.988. The summed E-state index contributed by atoms with van der Waals surface area (Å²) in [5.41, 5.74) is -0.452. The fourth-order valence-electron chi connectivity index (χ4n) is 3.38. The van der Waals surface area contributed by atoms with Gasteiger partial charge in [0.05, 0.1) is 23.4 Å². The molecule has 11 heteroatoms. The Hall–Kier alpha value is -4.02. The minimum Gasteiger partial charge on any atom is -0.480 e. The Morgan fingerprint density at radius 3 is 2.36 bits per heavy atom. The summed E-state index contributed by atoms with van der Waals surface area (Å²) in [4.78, 5) is 41.7. The van der Waals surface area contributed by atoms with E-state index in [0.29, 0.717) is 16.6 Å². The average Bonchev–Trinajstić information content (AvgIpc) is 3.25. The van der Waals surface area contributed by atoms with Gasteiger partial charge < -0.3 is 20.1 Å². The van der Waals surface area contributed by atoms with Crippen LogP contribution in [0.4, 0.5) is 4.39 Å². The van der Waals surface area contributed by atoms with Crippen molar-refractivity contribution < 1.29 is 28.2 Å². The second-order valence-electron chi connectivity index (χ2n) is 9.88. The van der Waals surface area contributed by atoms with E-state index in [9.17, 15) is 18.8 Å². The first kappa shape index (κ1) is 26.6. The number of fused-ring (bicyclic) bond motifs is 1. The van der Waals surface area contributed by atoms with E-state index in [1.54, 1.807) is 40.7 Å². The van der Waals surface area contributed by atoms with Crippen LogP contribution in [0.1, 0.15) is 55.5 Å². The van der Waals surface area contributed by atoms with Gasteiger partial charge >= 0.3 is 5.97 Å². The summed E-state index contributed by atoms with van der Waals surface area (Å²) in [6, 6.07) is 4.36. The molecule has 0 radical (unpaired) electrons. The fraction of sp³-hybridized carbons (Fsp3) is 0.400. The molecule has 0 spiro atoms. The summed E-state index contributed by atoms with van der Waals surface area (Å²) < 4.78 is 25.6. The Morgan fingerprint density at radius 1 is 1.06 bits per heavy atom. The van der Waals surface area contributed by atoms with Gasteiger partial charge in [0, 0.05) is 25.4 Å². The number of ether oxygens (including phenoxy) is 2. The number of hydrogen-bond donors (Lipinski definition) is 3. The summed E-state index contributed by atoms with van der Waals surface area (Å²) in [6.07, 6.45) is 1.44. The standard InChI is InChI=1S/C25H30FN5O5/c1-24(2,3)36-23(34)25(4,5)12-29-20(32)15-8-14(11-28-22(15)35-7)13-9-16(26)18-17(10-13)30-31-19(18)21(33)27-6/h8-11H,12H2,1-7H3,(H,27,33)(H,29,32)(H,30,31). The highest BCUT2D eigenvalue weighted by atomic mass is 19.1. The number of methoxy groups -OCH3 is 1. The summed E-state index contributed by atoms with van der Waals surface area (Å²) >= 11 is 0. The zero-order valence-corrected chi connectivity index (χ0v) is 21.3. The monoisotopic (exact) mass is 499 g/mol. The SMILES string of the molecule is CNC(=O)c1n[nH]c2cc(-c3cnc(OC)c(C(=O)NCC(C)(C)C(=O)OC(C)(C)C)c3)cc(F)c12. The van der Waals surface area contributed by atoms with Gasteiger partial charge in [-0.25, -0.2) is 9.37 Å². The lowest BCUT2D eigenvalue weighted by Crippen LogP contribution is -2.42. The number of amides is 2. The van der Waals surface area contributed by atoms with Crippen molar-refractivity contribution in [3.63, 3.8) is 0 Å². The molecule has 10 nitrogen and oxygen atoms in total. The number of rotatable bonds is 7. The number of halogens is 1. The van der Waals surface area contributed by atoms with Crippen LogP contribution in [0.3, 0.4) is 0 Å². The molecule has 0 saturated heterocycles. The van der Waals surface area contributed by atoms with Gasteiger partial charge in [0.15, 0.2) is 5.69 Å². The minimum absolute atomic E-state index is 0.00509. The van der Waals surface area contributed by atoms with Crippen molar-refractivity contribution in [2.45, 2.75) is 40.2 Å². The third-order valence-electron chi connectivity index (χ3n) is 5.32. The maximum atomic E-state index is 15.0. The van der Waals surface area contributed by atoms with Crippen LogP contribution in [-0.2, 0) is 9.53 Å². The van der Waals surface area contributed by atoms with Crippen LogP contribution in [0.15, 0.2) is 24.4 Å². The molecule has 0 aliphatic carbocycles. The number of esters is 1. The molecule has 0 unspecified atom stereocenters. The maximum absolute atomic E-state index is 15.0. The van der Waals surface area contributed by atoms with Gasteiger partial charge in [0.1, 0.15) is 17.0 Å². The highest BCUT2D eigenvalue weighted by molar-refractivity contribution is 6.05. The summed E-state index contributed by atoms with van der Waals surface area (Å²) in [5, 5.41) is 11.8. The molecule has 192 valence electrons. The topological polar surface area (TPSA) is 135 Å². The molecule has 0 bridgehead atoms. The lowest BCUT2D eigenvalue weighted by Gasteiger charge is -2.28. The average molecular weight is 500 g/mol. The van der Waals surface area contributed by atoms with Crippen LogP contribution in [0.5, 0.6) is 5.88 Å². The summed E-state index contributed by atoms with van der Waals surface area (Å²) in [7, 11) is 2.80. The van der Waals surface area contributed by atoms with Gasteiger partial charge in [-0.3, -0.25) is 19.5 Å². The van der Waals surface area contributed by atoms with Crippen molar-refractivity contribution in [1.29, 1.82) is 0 Å². The third-order valence-corrected chi connectivity index (χ3v) is 5.32. The second kappa shape index (κ2) is 9.92.